The van der Waals surface area contributed by atoms with Crippen molar-refractivity contribution in [2.75, 3.05) is 43.9 Å². The summed E-state index contributed by atoms with van der Waals surface area (Å²) in [5, 5.41) is 9.89. The summed E-state index contributed by atoms with van der Waals surface area (Å²) >= 11 is 3.20. The Balaban J connectivity index is 0.000000255. The summed E-state index contributed by atoms with van der Waals surface area (Å²) < 4.78 is 0. The van der Waals surface area contributed by atoms with Crippen LogP contribution >= 0.6 is 23.1 Å². The van der Waals surface area contributed by atoms with Gasteiger partial charge in [-0.1, -0.05) is 43.0 Å². The number of benzene rings is 2. The topological polar surface area (TPSA) is 103 Å². The molecule has 1 aromatic heterocycles. The fourth-order valence-electron chi connectivity index (χ4n) is 3.23. The zero-order valence-corrected chi connectivity index (χ0v) is 22.5. The summed E-state index contributed by atoms with van der Waals surface area (Å²) in [5.74, 6) is 0. The Bertz CT molecular complexity index is 1110. The molecule has 0 aliphatic rings. The Morgan fingerprint density at radius 3 is 2.50 bits per heavy atom. The Morgan fingerprint density at radius 2 is 1.83 bits per heavy atom. The largest absolute Gasteiger partial charge is 0.387 e. The highest BCUT2D eigenvalue weighted by atomic mass is 32.2. The molecule has 36 heavy (non-hydrogen) atoms. The molecular formula is C26H33N5O3S2. The molecule has 0 aliphatic carbocycles. The molecule has 0 fully saturated rings. The van der Waals surface area contributed by atoms with Gasteiger partial charge >= 0.3 is 0 Å². The van der Waals surface area contributed by atoms with E-state index in [1.54, 1.807) is 36.6 Å². The first-order chi connectivity index (χ1) is 17.6. The molecule has 0 saturated carbocycles. The highest BCUT2D eigenvalue weighted by Crippen LogP contribution is 2.35. The molecule has 2 aromatic carbocycles. The van der Waals surface area contributed by atoms with Gasteiger partial charge in [0, 0.05) is 70.9 Å². The molecule has 3 aromatic rings. The van der Waals surface area contributed by atoms with Crippen molar-refractivity contribution in [1.29, 1.82) is 0 Å². The molecule has 3 N–H and O–H groups in total. The molecule has 0 radical (unpaired) electrons. The molecule has 0 bridgehead atoms. The van der Waals surface area contributed by atoms with E-state index < -0.39 is 0 Å². The average molecular weight is 528 g/mol. The van der Waals surface area contributed by atoms with Crippen LogP contribution < -0.4 is 20.9 Å². The van der Waals surface area contributed by atoms with Gasteiger partial charge < -0.3 is 20.9 Å². The maximum Gasteiger partial charge on any atom is 0.207 e. The van der Waals surface area contributed by atoms with Crippen molar-refractivity contribution in [3.8, 4) is 0 Å². The third-order valence-corrected chi connectivity index (χ3v) is 7.17. The number of carbonyl (C=O) groups excluding carboxylic acids is 3. The van der Waals surface area contributed by atoms with E-state index in [0.29, 0.717) is 17.7 Å². The minimum Gasteiger partial charge on any atom is -0.387 e. The average Bonchev–Trinajstić information content (AvgIpc) is 3.38. The van der Waals surface area contributed by atoms with Crippen LogP contribution in [0.4, 0.5) is 10.8 Å². The van der Waals surface area contributed by atoms with E-state index in [4.69, 9.17) is 0 Å². The molecule has 0 aliphatic heterocycles. The quantitative estimate of drug-likeness (QED) is 0.210. The Hall–Kier alpha value is -3.21. The summed E-state index contributed by atoms with van der Waals surface area (Å²) in [6.45, 7) is 5.42. The SMILES string of the molecule is CCCN(CCNC=O)c1ncc(CNC)s1.CNc1cc(C=O)ccc1Sc1ccccc1C=O. The number of nitrogens with one attached hydrogen (secondary N) is 3. The molecule has 0 atom stereocenters. The minimum absolute atomic E-state index is 0.623. The number of amides is 1. The monoisotopic (exact) mass is 527 g/mol. The van der Waals surface area contributed by atoms with Crippen LogP contribution in [0.3, 0.4) is 0 Å². The van der Waals surface area contributed by atoms with Crippen molar-refractivity contribution in [3.05, 3.63) is 64.7 Å². The van der Waals surface area contributed by atoms with Crippen molar-refractivity contribution in [3.63, 3.8) is 0 Å². The highest BCUT2D eigenvalue weighted by molar-refractivity contribution is 7.99. The number of thiazole rings is 1. The predicted molar refractivity (Wildman–Crippen MR) is 149 cm³/mol. The lowest BCUT2D eigenvalue weighted by atomic mass is 10.2. The summed E-state index contributed by atoms with van der Waals surface area (Å²) in [4.78, 5) is 41.7. The normalized spacial score (nSPS) is 10.1. The highest BCUT2D eigenvalue weighted by Gasteiger charge is 2.10. The van der Waals surface area contributed by atoms with Crippen molar-refractivity contribution in [2.45, 2.75) is 29.7 Å². The molecule has 0 spiro atoms. The van der Waals surface area contributed by atoms with Gasteiger partial charge in [0.25, 0.3) is 0 Å². The number of nitrogens with zero attached hydrogens (tertiary/aromatic N) is 2. The molecule has 10 heteroatoms. The van der Waals surface area contributed by atoms with Crippen molar-refractivity contribution >= 4 is 52.9 Å². The van der Waals surface area contributed by atoms with Crippen LogP contribution in [0.25, 0.3) is 0 Å². The van der Waals surface area contributed by atoms with Crippen molar-refractivity contribution in [1.82, 2.24) is 15.6 Å². The number of anilines is 2. The van der Waals surface area contributed by atoms with Gasteiger partial charge in [-0.15, -0.1) is 11.3 Å². The van der Waals surface area contributed by atoms with E-state index >= 15 is 0 Å². The first kappa shape index (κ1) is 29.0. The molecule has 3 rings (SSSR count). The predicted octanol–water partition coefficient (Wildman–Crippen LogP) is 4.33. The summed E-state index contributed by atoms with van der Waals surface area (Å²) in [5.41, 5.74) is 2.15. The summed E-state index contributed by atoms with van der Waals surface area (Å²) in [6, 6.07) is 12.9. The Kier molecular flexibility index (Phi) is 13.3. The van der Waals surface area contributed by atoms with Crippen LogP contribution in [0, 0.1) is 0 Å². The number of hydrogen-bond acceptors (Lipinski definition) is 9. The number of hydrogen-bond donors (Lipinski definition) is 3. The fraction of sp³-hybridized carbons (Fsp3) is 0.308. The van der Waals surface area contributed by atoms with Crippen LogP contribution in [0.15, 0.2) is 58.5 Å². The first-order valence-corrected chi connectivity index (χ1v) is 13.2. The minimum atomic E-state index is 0.623. The number of aromatic nitrogens is 1. The molecule has 1 amide bonds. The van der Waals surface area contributed by atoms with Gasteiger partial charge in [-0.25, -0.2) is 4.98 Å². The number of aldehydes is 2. The Morgan fingerprint density at radius 1 is 1.03 bits per heavy atom. The zero-order valence-electron chi connectivity index (χ0n) is 20.8. The number of rotatable bonds is 14. The molecule has 0 saturated heterocycles. The van der Waals surface area contributed by atoms with Crippen LogP contribution in [-0.2, 0) is 11.3 Å². The van der Waals surface area contributed by atoms with Gasteiger partial charge in [0.2, 0.25) is 6.41 Å². The lowest BCUT2D eigenvalue weighted by Gasteiger charge is -2.20. The molecule has 192 valence electrons. The maximum absolute atomic E-state index is 11.0. The van der Waals surface area contributed by atoms with E-state index in [0.717, 1.165) is 65.6 Å². The zero-order chi connectivity index (χ0) is 26.2. The first-order valence-electron chi connectivity index (χ1n) is 11.6. The van der Waals surface area contributed by atoms with Crippen molar-refractivity contribution < 1.29 is 14.4 Å². The van der Waals surface area contributed by atoms with E-state index in [2.05, 4.69) is 32.8 Å². The smallest absolute Gasteiger partial charge is 0.207 e. The van der Waals surface area contributed by atoms with E-state index in [9.17, 15) is 14.4 Å². The van der Waals surface area contributed by atoms with Crippen LogP contribution in [0.2, 0.25) is 0 Å². The van der Waals surface area contributed by atoms with Gasteiger partial charge in [-0.3, -0.25) is 14.4 Å². The molecule has 1 heterocycles. The van der Waals surface area contributed by atoms with Gasteiger partial charge in [0.15, 0.2) is 11.4 Å². The lowest BCUT2D eigenvalue weighted by Crippen LogP contribution is -2.32. The van der Waals surface area contributed by atoms with Crippen LogP contribution in [-0.4, -0.2) is 57.7 Å². The van der Waals surface area contributed by atoms with Gasteiger partial charge in [0.1, 0.15) is 6.29 Å². The lowest BCUT2D eigenvalue weighted by molar-refractivity contribution is -0.109. The number of carbonyl (C=O) groups is 3. The second kappa shape index (κ2) is 16.5. The maximum atomic E-state index is 11.0. The summed E-state index contributed by atoms with van der Waals surface area (Å²) in [7, 11) is 3.73. The fourth-order valence-corrected chi connectivity index (χ4v) is 5.22. The standard InChI is InChI=1S/C15H13NO2S.C11H20N4OS/c1-16-13-8-11(9-17)6-7-15(13)19-14-5-3-2-4-12(14)10-18;1-3-5-15(6-4-13-9-16)11-14-8-10(17-11)7-12-2/h2-10,16H,1H3;8-9,12H,3-7H2,1-2H3,(H,13,16). The molecule has 0 unspecified atom stereocenters. The Labute approximate surface area is 220 Å². The molecule has 8 nitrogen and oxygen atoms in total. The molecular weight excluding hydrogens is 494 g/mol. The van der Waals surface area contributed by atoms with E-state index in [-0.39, 0.29) is 0 Å². The summed E-state index contributed by atoms with van der Waals surface area (Å²) in [6.07, 6.45) is 5.38. The third-order valence-electron chi connectivity index (χ3n) is 4.94. The van der Waals surface area contributed by atoms with Gasteiger partial charge in [0.05, 0.1) is 0 Å². The second-order valence-corrected chi connectivity index (χ2v) is 9.76. The van der Waals surface area contributed by atoms with Gasteiger partial charge in [-0.05, 0) is 31.7 Å². The van der Waals surface area contributed by atoms with Crippen LogP contribution in [0.5, 0.6) is 0 Å². The van der Waals surface area contributed by atoms with E-state index in [1.807, 2.05) is 37.5 Å². The second-order valence-electron chi connectivity index (χ2n) is 7.58. The van der Waals surface area contributed by atoms with Crippen molar-refractivity contribution in [2.24, 2.45) is 0 Å². The van der Waals surface area contributed by atoms with Crippen LogP contribution in [0.1, 0.15) is 38.9 Å². The van der Waals surface area contributed by atoms with Gasteiger partial charge in [-0.2, -0.15) is 0 Å². The third kappa shape index (κ3) is 9.10. The van der Waals surface area contributed by atoms with E-state index in [1.165, 1.54) is 16.6 Å².